The average Bonchev–Trinajstić information content (AvgIpc) is 2.40. The van der Waals surface area contributed by atoms with E-state index in [0.717, 1.165) is 15.1 Å². The topological polar surface area (TPSA) is 29.1 Å². The number of amides is 1. The smallest absolute Gasteiger partial charge is 0.234 e. The molecule has 0 aliphatic carbocycles. The van der Waals surface area contributed by atoms with Crippen molar-refractivity contribution in [2.75, 3.05) is 11.1 Å². The summed E-state index contributed by atoms with van der Waals surface area (Å²) >= 11 is 4.89. The zero-order chi connectivity index (χ0) is 12.8. The maximum atomic E-state index is 11.7. The van der Waals surface area contributed by atoms with Gasteiger partial charge in [-0.2, -0.15) is 0 Å². The second kappa shape index (κ2) is 6.61. The Balaban J connectivity index is 1.84. The molecule has 0 atom stereocenters. The number of rotatable bonds is 4. The molecule has 1 amide bonds. The Morgan fingerprint density at radius 3 is 2.39 bits per heavy atom. The van der Waals surface area contributed by atoms with Crippen LogP contribution in [0.2, 0.25) is 0 Å². The van der Waals surface area contributed by atoms with Crippen LogP contribution in [0, 0.1) is 0 Å². The highest BCUT2D eigenvalue weighted by Crippen LogP contribution is 2.18. The van der Waals surface area contributed by atoms with Crippen molar-refractivity contribution in [1.82, 2.24) is 0 Å². The molecule has 0 aliphatic rings. The molecule has 0 saturated heterocycles. The van der Waals surface area contributed by atoms with Gasteiger partial charge in [-0.15, -0.1) is 11.8 Å². The first-order valence-electron chi connectivity index (χ1n) is 5.47. The van der Waals surface area contributed by atoms with Crippen molar-refractivity contribution in [3.05, 3.63) is 59.1 Å². The number of thioether (sulfide) groups is 1. The molecule has 0 aliphatic heterocycles. The standard InChI is InChI=1S/C14H12BrNOS/c15-11-6-8-12(9-7-11)16-14(17)10-18-13-4-2-1-3-5-13/h1-9H,10H2,(H,16,17). The van der Waals surface area contributed by atoms with E-state index >= 15 is 0 Å². The fraction of sp³-hybridized carbons (Fsp3) is 0.0714. The number of benzene rings is 2. The molecule has 2 aromatic rings. The Morgan fingerprint density at radius 2 is 1.72 bits per heavy atom. The van der Waals surface area contributed by atoms with Crippen LogP contribution in [0.5, 0.6) is 0 Å². The maximum absolute atomic E-state index is 11.7. The van der Waals surface area contributed by atoms with Gasteiger partial charge in [0.1, 0.15) is 0 Å². The number of hydrogen-bond acceptors (Lipinski definition) is 2. The summed E-state index contributed by atoms with van der Waals surface area (Å²) in [4.78, 5) is 12.8. The monoisotopic (exact) mass is 321 g/mol. The highest BCUT2D eigenvalue weighted by atomic mass is 79.9. The van der Waals surface area contributed by atoms with Gasteiger partial charge in [0.05, 0.1) is 5.75 Å². The van der Waals surface area contributed by atoms with E-state index in [1.165, 1.54) is 11.8 Å². The van der Waals surface area contributed by atoms with Crippen LogP contribution < -0.4 is 5.32 Å². The fourth-order valence-corrected chi connectivity index (χ4v) is 2.38. The van der Waals surface area contributed by atoms with Crippen molar-refractivity contribution in [3.8, 4) is 0 Å². The Kier molecular flexibility index (Phi) is 4.84. The first-order valence-corrected chi connectivity index (χ1v) is 7.25. The second-order valence-electron chi connectivity index (χ2n) is 3.66. The van der Waals surface area contributed by atoms with E-state index in [2.05, 4.69) is 21.2 Å². The van der Waals surface area contributed by atoms with Crippen molar-refractivity contribution in [2.24, 2.45) is 0 Å². The molecule has 0 aromatic heterocycles. The number of halogens is 1. The Bertz CT molecular complexity index is 513. The Labute approximate surface area is 119 Å². The van der Waals surface area contributed by atoms with E-state index in [4.69, 9.17) is 0 Å². The van der Waals surface area contributed by atoms with E-state index in [1.54, 1.807) is 0 Å². The third kappa shape index (κ3) is 4.20. The summed E-state index contributed by atoms with van der Waals surface area (Å²) in [6, 6.07) is 17.4. The summed E-state index contributed by atoms with van der Waals surface area (Å²) in [5, 5.41) is 2.86. The summed E-state index contributed by atoms with van der Waals surface area (Å²) in [6.45, 7) is 0. The average molecular weight is 322 g/mol. The first-order chi connectivity index (χ1) is 8.74. The third-order valence-corrected chi connectivity index (χ3v) is 3.78. The van der Waals surface area contributed by atoms with E-state index in [0.29, 0.717) is 5.75 Å². The third-order valence-electron chi connectivity index (χ3n) is 2.24. The summed E-state index contributed by atoms with van der Waals surface area (Å²) in [6.07, 6.45) is 0. The SMILES string of the molecule is O=C(CSc1ccccc1)Nc1ccc(Br)cc1. The van der Waals surface area contributed by atoms with Gasteiger partial charge in [0, 0.05) is 15.1 Å². The van der Waals surface area contributed by atoms with Gasteiger partial charge in [0.2, 0.25) is 5.91 Å². The molecule has 2 rings (SSSR count). The van der Waals surface area contributed by atoms with Crippen LogP contribution in [0.25, 0.3) is 0 Å². The van der Waals surface area contributed by atoms with Crippen LogP contribution >= 0.6 is 27.7 Å². The van der Waals surface area contributed by atoms with Gasteiger partial charge in [0.25, 0.3) is 0 Å². The summed E-state index contributed by atoms with van der Waals surface area (Å²) in [5.74, 6) is 0.422. The predicted molar refractivity (Wildman–Crippen MR) is 79.9 cm³/mol. The predicted octanol–water partition coefficient (Wildman–Crippen LogP) is 4.18. The van der Waals surface area contributed by atoms with Gasteiger partial charge in [-0.3, -0.25) is 4.79 Å². The zero-order valence-electron chi connectivity index (χ0n) is 9.60. The van der Waals surface area contributed by atoms with Crippen LogP contribution in [-0.4, -0.2) is 11.7 Å². The molecule has 0 spiro atoms. The minimum Gasteiger partial charge on any atom is -0.325 e. The normalized spacial score (nSPS) is 10.1. The van der Waals surface area contributed by atoms with Gasteiger partial charge in [-0.25, -0.2) is 0 Å². The highest BCUT2D eigenvalue weighted by Gasteiger charge is 2.03. The molecule has 0 heterocycles. The van der Waals surface area contributed by atoms with Gasteiger partial charge in [0.15, 0.2) is 0 Å². The molecule has 1 N–H and O–H groups in total. The molecule has 2 nitrogen and oxygen atoms in total. The van der Waals surface area contributed by atoms with Gasteiger partial charge >= 0.3 is 0 Å². The molecule has 0 radical (unpaired) electrons. The van der Waals surface area contributed by atoms with E-state index in [-0.39, 0.29) is 5.91 Å². The van der Waals surface area contributed by atoms with Gasteiger partial charge in [-0.05, 0) is 36.4 Å². The quantitative estimate of drug-likeness (QED) is 0.856. The molecule has 18 heavy (non-hydrogen) atoms. The molecule has 92 valence electrons. The zero-order valence-corrected chi connectivity index (χ0v) is 12.0. The summed E-state index contributed by atoms with van der Waals surface area (Å²) in [5.41, 5.74) is 0.817. The highest BCUT2D eigenvalue weighted by molar-refractivity contribution is 9.10. The van der Waals surface area contributed by atoms with Crippen LogP contribution in [-0.2, 0) is 4.79 Å². The summed E-state index contributed by atoms with van der Waals surface area (Å²) in [7, 11) is 0. The fourth-order valence-electron chi connectivity index (χ4n) is 1.40. The number of nitrogens with one attached hydrogen (secondary N) is 1. The minimum atomic E-state index is 0.00572. The lowest BCUT2D eigenvalue weighted by molar-refractivity contribution is -0.113. The van der Waals surface area contributed by atoms with Crippen molar-refractivity contribution in [2.45, 2.75) is 4.90 Å². The van der Waals surface area contributed by atoms with Crippen LogP contribution in [0.15, 0.2) is 64.0 Å². The van der Waals surface area contributed by atoms with Crippen LogP contribution in [0.4, 0.5) is 5.69 Å². The molecule has 0 unspecified atom stereocenters. The van der Waals surface area contributed by atoms with E-state index < -0.39 is 0 Å². The molecule has 0 bridgehead atoms. The van der Waals surface area contributed by atoms with Gasteiger partial charge in [-0.1, -0.05) is 34.1 Å². The van der Waals surface area contributed by atoms with E-state index in [9.17, 15) is 4.79 Å². The molecule has 4 heteroatoms. The maximum Gasteiger partial charge on any atom is 0.234 e. The number of carbonyl (C=O) groups excluding carboxylic acids is 1. The molecule has 0 saturated carbocycles. The lowest BCUT2D eigenvalue weighted by Gasteiger charge is -2.05. The Morgan fingerprint density at radius 1 is 1.06 bits per heavy atom. The molecule has 0 fully saturated rings. The van der Waals surface area contributed by atoms with Crippen molar-refractivity contribution >= 4 is 39.3 Å². The minimum absolute atomic E-state index is 0.00572. The number of hydrogen-bond donors (Lipinski definition) is 1. The lowest BCUT2D eigenvalue weighted by Crippen LogP contribution is -2.13. The van der Waals surface area contributed by atoms with Crippen molar-refractivity contribution in [1.29, 1.82) is 0 Å². The number of carbonyl (C=O) groups is 1. The second-order valence-corrected chi connectivity index (χ2v) is 5.62. The van der Waals surface area contributed by atoms with E-state index in [1.807, 2.05) is 54.6 Å². The summed E-state index contributed by atoms with van der Waals surface area (Å²) < 4.78 is 0.999. The van der Waals surface area contributed by atoms with Crippen LogP contribution in [0.1, 0.15) is 0 Å². The number of anilines is 1. The van der Waals surface area contributed by atoms with Crippen molar-refractivity contribution < 1.29 is 4.79 Å². The Hall–Kier alpha value is -1.26. The first kappa shape index (κ1) is 13.2. The molecule has 2 aromatic carbocycles. The van der Waals surface area contributed by atoms with Crippen molar-refractivity contribution in [3.63, 3.8) is 0 Å². The molecular weight excluding hydrogens is 310 g/mol. The molecular formula is C14H12BrNOS. The van der Waals surface area contributed by atoms with Crippen LogP contribution in [0.3, 0.4) is 0 Å². The van der Waals surface area contributed by atoms with Gasteiger partial charge < -0.3 is 5.32 Å². The largest absolute Gasteiger partial charge is 0.325 e. The lowest BCUT2D eigenvalue weighted by atomic mass is 10.3.